The van der Waals surface area contributed by atoms with Crippen LogP contribution in [-0.4, -0.2) is 23.5 Å². The highest BCUT2D eigenvalue weighted by Crippen LogP contribution is 2.17. The van der Waals surface area contributed by atoms with Crippen molar-refractivity contribution in [2.45, 2.75) is 39.2 Å². The summed E-state index contributed by atoms with van der Waals surface area (Å²) in [5, 5.41) is 2.59. The number of Topliss-reactive ketones (excluding diaryl/α,β-unsaturated/α-hetero) is 2. The highest BCUT2D eigenvalue weighted by molar-refractivity contribution is 6.19. The number of rotatable bonds is 2. The molecule has 0 saturated heterocycles. The first-order valence-electron chi connectivity index (χ1n) is 4.88. The Balaban J connectivity index is 2.68. The van der Waals surface area contributed by atoms with Crippen molar-refractivity contribution in [3.05, 3.63) is 0 Å². The highest BCUT2D eigenvalue weighted by atomic mass is 16.2. The average molecular weight is 197 g/mol. The minimum absolute atomic E-state index is 0.0370. The van der Waals surface area contributed by atoms with Crippen LogP contribution in [0.3, 0.4) is 0 Å². The summed E-state index contributed by atoms with van der Waals surface area (Å²) in [5.74, 6) is -1.94. The molecule has 78 valence electrons. The summed E-state index contributed by atoms with van der Waals surface area (Å²) in [4.78, 5) is 34.2. The van der Waals surface area contributed by atoms with Gasteiger partial charge in [-0.25, -0.2) is 0 Å². The van der Waals surface area contributed by atoms with E-state index in [-0.39, 0.29) is 17.6 Å². The topological polar surface area (TPSA) is 63.2 Å². The van der Waals surface area contributed by atoms with Crippen molar-refractivity contribution in [3.63, 3.8) is 0 Å². The molecule has 1 amide bonds. The fourth-order valence-electron chi connectivity index (χ4n) is 1.57. The molecule has 1 N–H and O–H groups in total. The molecule has 1 fully saturated rings. The summed E-state index contributed by atoms with van der Waals surface area (Å²) >= 11 is 0. The van der Waals surface area contributed by atoms with Crippen molar-refractivity contribution in [2.24, 2.45) is 5.92 Å². The molecule has 1 saturated carbocycles. The molecule has 4 nitrogen and oxygen atoms in total. The van der Waals surface area contributed by atoms with Crippen LogP contribution < -0.4 is 5.32 Å². The second-order valence-corrected chi connectivity index (χ2v) is 3.88. The third kappa shape index (κ3) is 2.40. The molecular formula is C10H15NO3. The van der Waals surface area contributed by atoms with Crippen molar-refractivity contribution in [1.82, 2.24) is 5.32 Å². The van der Waals surface area contributed by atoms with Crippen molar-refractivity contribution >= 4 is 17.5 Å². The van der Waals surface area contributed by atoms with Crippen LogP contribution in [0.25, 0.3) is 0 Å². The van der Waals surface area contributed by atoms with Gasteiger partial charge in [-0.15, -0.1) is 0 Å². The van der Waals surface area contributed by atoms with E-state index in [0.717, 1.165) is 0 Å². The molecule has 0 aromatic heterocycles. The second kappa shape index (κ2) is 4.35. The predicted octanol–water partition coefficient (Wildman–Crippen LogP) is 0.449. The standard InChI is InChI=1S/C10H15NO3/c1-6(2)11-10(14)9-7(12)4-3-5-8(9)13/h6,9H,3-5H2,1-2H3,(H,11,14). The molecule has 0 radical (unpaired) electrons. The Kier molecular flexibility index (Phi) is 3.38. The van der Waals surface area contributed by atoms with Crippen LogP contribution >= 0.6 is 0 Å². The molecule has 0 aromatic rings. The highest BCUT2D eigenvalue weighted by Gasteiger charge is 2.35. The van der Waals surface area contributed by atoms with Crippen LogP contribution in [0.5, 0.6) is 0 Å². The summed E-state index contributed by atoms with van der Waals surface area (Å²) in [6.45, 7) is 3.60. The Hall–Kier alpha value is -1.19. The molecule has 0 spiro atoms. The van der Waals surface area contributed by atoms with E-state index in [2.05, 4.69) is 5.32 Å². The van der Waals surface area contributed by atoms with E-state index in [1.165, 1.54) is 0 Å². The van der Waals surface area contributed by atoms with Gasteiger partial charge in [-0.1, -0.05) is 0 Å². The molecule has 0 atom stereocenters. The Labute approximate surface area is 83.1 Å². The van der Waals surface area contributed by atoms with Crippen LogP contribution in [0.2, 0.25) is 0 Å². The summed E-state index contributed by atoms with van der Waals surface area (Å²) in [6, 6.07) is -0.0370. The maximum absolute atomic E-state index is 11.5. The van der Waals surface area contributed by atoms with E-state index in [9.17, 15) is 14.4 Å². The third-order valence-electron chi connectivity index (χ3n) is 2.18. The molecular weight excluding hydrogens is 182 g/mol. The Morgan fingerprint density at radius 3 is 2.21 bits per heavy atom. The van der Waals surface area contributed by atoms with Crippen LogP contribution in [-0.2, 0) is 14.4 Å². The maximum Gasteiger partial charge on any atom is 0.238 e. The van der Waals surface area contributed by atoms with Gasteiger partial charge in [0, 0.05) is 18.9 Å². The molecule has 0 aromatic carbocycles. The van der Waals surface area contributed by atoms with Crippen molar-refractivity contribution in [3.8, 4) is 0 Å². The molecule has 4 heteroatoms. The van der Waals surface area contributed by atoms with E-state index in [1.807, 2.05) is 0 Å². The summed E-state index contributed by atoms with van der Waals surface area (Å²) in [7, 11) is 0. The van der Waals surface area contributed by atoms with E-state index in [4.69, 9.17) is 0 Å². The van der Waals surface area contributed by atoms with Gasteiger partial charge in [-0.3, -0.25) is 14.4 Å². The minimum atomic E-state index is -1.04. The Morgan fingerprint density at radius 1 is 1.29 bits per heavy atom. The smallest absolute Gasteiger partial charge is 0.238 e. The molecule has 0 bridgehead atoms. The number of hydrogen-bond acceptors (Lipinski definition) is 3. The fraction of sp³-hybridized carbons (Fsp3) is 0.700. The number of amides is 1. The first kappa shape index (κ1) is 10.9. The van der Waals surface area contributed by atoms with Crippen molar-refractivity contribution < 1.29 is 14.4 Å². The zero-order chi connectivity index (χ0) is 10.7. The van der Waals surface area contributed by atoms with E-state index in [1.54, 1.807) is 13.8 Å². The molecule has 0 unspecified atom stereocenters. The van der Waals surface area contributed by atoms with Gasteiger partial charge in [-0.2, -0.15) is 0 Å². The Morgan fingerprint density at radius 2 is 1.79 bits per heavy atom. The minimum Gasteiger partial charge on any atom is -0.353 e. The normalized spacial score (nSPS) is 18.8. The lowest BCUT2D eigenvalue weighted by Gasteiger charge is -2.19. The number of nitrogens with one attached hydrogen (secondary N) is 1. The number of hydrogen-bond donors (Lipinski definition) is 1. The molecule has 1 aliphatic carbocycles. The molecule has 0 heterocycles. The SMILES string of the molecule is CC(C)NC(=O)C1C(=O)CCCC1=O. The van der Waals surface area contributed by atoms with E-state index < -0.39 is 11.8 Å². The molecule has 14 heavy (non-hydrogen) atoms. The first-order chi connectivity index (χ1) is 6.52. The zero-order valence-electron chi connectivity index (χ0n) is 8.50. The van der Waals surface area contributed by atoms with Crippen LogP contribution in [0.1, 0.15) is 33.1 Å². The largest absolute Gasteiger partial charge is 0.353 e. The lowest BCUT2D eigenvalue weighted by Crippen LogP contribution is -2.44. The van der Waals surface area contributed by atoms with Gasteiger partial charge >= 0.3 is 0 Å². The van der Waals surface area contributed by atoms with Gasteiger partial charge in [0.25, 0.3) is 0 Å². The summed E-state index contributed by atoms with van der Waals surface area (Å²) < 4.78 is 0. The summed E-state index contributed by atoms with van der Waals surface area (Å²) in [6.07, 6.45) is 1.28. The van der Waals surface area contributed by atoms with Crippen molar-refractivity contribution in [2.75, 3.05) is 0 Å². The first-order valence-corrected chi connectivity index (χ1v) is 4.88. The fourth-order valence-corrected chi connectivity index (χ4v) is 1.57. The van der Waals surface area contributed by atoms with Crippen LogP contribution in [0.4, 0.5) is 0 Å². The lowest BCUT2D eigenvalue weighted by atomic mass is 9.86. The lowest BCUT2D eigenvalue weighted by molar-refractivity contribution is -0.143. The van der Waals surface area contributed by atoms with Gasteiger partial charge in [0.2, 0.25) is 5.91 Å². The maximum atomic E-state index is 11.5. The number of carbonyl (C=O) groups is 3. The van der Waals surface area contributed by atoms with Gasteiger partial charge in [0.15, 0.2) is 17.5 Å². The zero-order valence-corrected chi connectivity index (χ0v) is 8.50. The summed E-state index contributed by atoms with van der Waals surface area (Å²) in [5.41, 5.74) is 0. The Bertz CT molecular complexity index is 255. The van der Waals surface area contributed by atoms with E-state index in [0.29, 0.717) is 19.3 Å². The number of carbonyl (C=O) groups excluding carboxylic acids is 3. The second-order valence-electron chi connectivity index (χ2n) is 3.88. The molecule has 1 aliphatic rings. The van der Waals surface area contributed by atoms with E-state index >= 15 is 0 Å². The van der Waals surface area contributed by atoms with Crippen LogP contribution in [0, 0.1) is 5.92 Å². The van der Waals surface area contributed by atoms with Crippen LogP contribution in [0.15, 0.2) is 0 Å². The average Bonchev–Trinajstić information content (AvgIpc) is 2.01. The monoisotopic (exact) mass is 197 g/mol. The third-order valence-corrected chi connectivity index (χ3v) is 2.18. The van der Waals surface area contributed by atoms with Gasteiger partial charge in [0.05, 0.1) is 0 Å². The van der Waals surface area contributed by atoms with Gasteiger partial charge in [0.1, 0.15) is 0 Å². The van der Waals surface area contributed by atoms with Gasteiger partial charge < -0.3 is 5.32 Å². The molecule has 1 rings (SSSR count). The quantitative estimate of drug-likeness (QED) is 0.654. The predicted molar refractivity (Wildman–Crippen MR) is 50.6 cm³/mol. The van der Waals surface area contributed by atoms with Gasteiger partial charge in [-0.05, 0) is 20.3 Å². The number of ketones is 2. The molecule has 0 aliphatic heterocycles. The van der Waals surface area contributed by atoms with Crippen molar-refractivity contribution in [1.29, 1.82) is 0 Å².